The minimum atomic E-state index is -4.46. The van der Waals surface area contributed by atoms with Gasteiger partial charge in [-0.2, -0.15) is 13.2 Å². The highest BCUT2D eigenvalue weighted by Gasteiger charge is 2.30. The van der Waals surface area contributed by atoms with Gasteiger partial charge < -0.3 is 5.32 Å². The molecular weight excluding hydrogens is 439 g/mol. The van der Waals surface area contributed by atoms with E-state index in [9.17, 15) is 18.0 Å². The van der Waals surface area contributed by atoms with Crippen LogP contribution in [0.15, 0.2) is 77.7 Å². The van der Waals surface area contributed by atoms with E-state index in [1.807, 2.05) is 30.5 Å². The monoisotopic (exact) mass is 455 g/mol. The molecular formula is C22H16F3N5OS. The number of nitrogens with zero attached hydrogens (tertiary/aromatic N) is 4. The molecule has 1 aromatic heterocycles. The minimum Gasteiger partial charge on any atom is -0.321 e. The number of hydrogen-bond donors (Lipinski definition) is 1. The summed E-state index contributed by atoms with van der Waals surface area (Å²) >= 11 is 1.62. The Hall–Kier alpha value is -3.66. The van der Waals surface area contributed by atoms with Crippen molar-refractivity contribution in [1.29, 1.82) is 0 Å². The molecule has 0 radical (unpaired) electrons. The fourth-order valence-corrected chi connectivity index (χ4v) is 3.35. The Kier molecular flexibility index (Phi) is 5.95. The van der Waals surface area contributed by atoms with E-state index in [1.54, 1.807) is 36.0 Å². The Morgan fingerprint density at radius 2 is 1.66 bits per heavy atom. The van der Waals surface area contributed by atoms with Crippen LogP contribution >= 0.6 is 11.8 Å². The lowest BCUT2D eigenvalue weighted by Gasteiger charge is -2.10. The molecule has 0 atom stereocenters. The van der Waals surface area contributed by atoms with Gasteiger partial charge >= 0.3 is 6.18 Å². The molecule has 4 rings (SSSR count). The van der Waals surface area contributed by atoms with Gasteiger partial charge in [0, 0.05) is 16.0 Å². The van der Waals surface area contributed by atoms with Crippen LogP contribution in [-0.2, 0) is 6.18 Å². The largest absolute Gasteiger partial charge is 0.416 e. The quantitative estimate of drug-likeness (QED) is 0.412. The van der Waals surface area contributed by atoms with Gasteiger partial charge in [0.2, 0.25) is 5.82 Å². The van der Waals surface area contributed by atoms with E-state index in [0.717, 1.165) is 34.8 Å². The van der Waals surface area contributed by atoms with Gasteiger partial charge in [-0.1, -0.05) is 12.1 Å². The Morgan fingerprint density at radius 1 is 0.969 bits per heavy atom. The number of carbonyl (C=O) groups is 1. The minimum absolute atomic E-state index is 0.0956. The molecule has 0 fully saturated rings. The zero-order valence-corrected chi connectivity index (χ0v) is 17.5. The Morgan fingerprint density at radius 3 is 2.31 bits per heavy atom. The van der Waals surface area contributed by atoms with Crippen molar-refractivity contribution in [2.24, 2.45) is 0 Å². The van der Waals surface area contributed by atoms with E-state index in [0.29, 0.717) is 17.1 Å². The molecule has 0 saturated heterocycles. The first-order valence-electron chi connectivity index (χ1n) is 9.37. The second-order valence-electron chi connectivity index (χ2n) is 6.68. The van der Waals surface area contributed by atoms with Crippen LogP contribution in [0.2, 0.25) is 0 Å². The Bertz CT molecular complexity index is 1240. The topological polar surface area (TPSA) is 72.7 Å². The van der Waals surface area contributed by atoms with Crippen LogP contribution in [0.1, 0.15) is 15.9 Å². The normalized spacial score (nSPS) is 11.4. The summed E-state index contributed by atoms with van der Waals surface area (Å²) in [5, 5.41) is 15.3. The van der Waals surface area contributed by atoms with Crippen LogP contribution in [-0.4, -0.2) is 32.4 Å². The summed E-state index contributed by atoms with van der Waals surface area (Å²) in [6.07, 6.45) is -2.48. The molecule has 0 unspecified atom stereocenters. The SMILES string of the molecule is CSc1ccc(-n2nnc(-c3ccccc3NC(=O)c3ccc(C(F)(F)F)cc3)n2)cc1. The molecule has 4 aromatic rings. The van der Waals surface area contributed by atoms with Gasteiger partial charge in [0.1, 0.15) is 0 Å². The molecule has 10 heteroatoms. The average Bonchev–Trinajstić information content (AvgIpc) is 3.29. The molecule has 0 aliphatic heterocycles. The number of rotatable bonds is 5. The number of halogens is 3. The first-order valence-corrected chi connectivity index (χ1v) is 10.6. The number of aromatic nitrogens is 4. The second kappa shape index (κ2) is 8.83. The van der Waals surface area contributed by atoms with Crippen LogP contribution < -0.4 is 5.32 Å². The number of tetrazole rings is 1. The maximum atomic E-state index is 12.7. The molecule has 0 aliphatic rings. The predicted molar refractivity (Wildman–Crippen MR) is 116 cm³/mol. The van der Waals surface area contributed by atoms with Crippen LogP contribution in [0, 0.1) is 0 Å². The number of anilines is 1. The predicted octanol–water partition coefficient (Wildman–Crippen LogP) is 5.32. The molecule has 0 spiro atoms. The van der Waals surface area contributed by atoms with Crippen LogP contribution in [0.3, 0.4) is 0 Å². The molecule has 32 heavy (non-hydrogen) atoms. The van der Waals surface area contributed by atoms with Crippen molar-refractivity contribution in [3.05, 3.63) is 83.9 Å². The fourth-order valence-electron chi connectivity index (χ4n) is 2.94. The van der Waals surface area contributed by atoms with Gasteiger partial charge in [-0.05, 0) is 72.1 Å². The first-order chi connectivity index (χ1) is 15.3. The van der Waals surface area contributed by atoms with Crippen molar-refractivity contribution >= 4 is 23.4 Å². The number of nitrogens with one attached hydrogen (secondary N) is 1. The van der Waals surface area contributed by atoms with Gasteiger partial charge in [0.25, 0.3) is 5.91 Å². The summed E-state index contributed by atoms with van der Waals surface area (Å²) in [4.78, 5) is 15.1. The highest BCUT2D eigenvalue weighted by atomic mass is 32.2. The van der Waals surface area contributed by atoms with Gasteiger partial charge in [-0.3, -0.25) is 4.79 Å². The highest BCUT2D eigenvalue weighted by Crippen LogP contribution is 2.30. The third-order valence-electron chi connectivity index (χ3n) is 4.61. The van der Waals surface area contributed by atoms with Crippen LogP contribution in [0.25, 0.3) is 17.1 Å². The van der Waals surface area contributed by atoms with Crippen molar-refractivity contribution in [2.45, 2.75) is 11.1 Å². The summed E-state index contributed by atoms with van der Waals surface area (Å²) in [6, 6.07) is 18.5. The van der Waals surface area contributed by atoms with Crippen molar-refractivity contribution in [1.82, 2.24) is 20.2 Å². The van der Waals surface area contributed by atoms with Gasteiger partial charge in [-0.25, -0.2) is 0 Å². The Labute approximate surface area is 185 Å². The molecule has 3 aromatic carbocycles. The number of para-hydroxylation sites is 1. The zero-order chi connectivity index (χ0) is 22.7. The second-order valence-corrected chi connectivity index (χ2v) is 7.55. The third-order valence-corrected chi connectivity index (χ3v) is 5.35. The molecule has 0 saturated carbocycles. The summed E-state index contributed by atoms with van der Waals surface area (Å²) in [5.41, 5.74) is 0.946. The molecule has 0 aliphatic carbocycles. The number of thioether (sulfide) groups is 1. The summed E-state index contributed by atoms with van der Waals surface area (Å²) in [7, 11) is 0. The van der Waals surface area contributed by atoms with Crippen molar-refractivity contribution in [2.75, 3.05) is 11.6 Å². The molecule has 6 nitrogen and oxygen atoms in total. The van der Waals surface area contributed by atoms with E-state index in [4.69, 9.17) is 0 Å². The average molecular weight is 455 g/mol. The van der Waals surface area contributed by atoms with Crippen LogP contribution in [0.5, 0.6) is 0 Å². The van der Waals surface area contributed by atoms with E-state index in [2.05, 4.69) is 20.7 Å². The lowest BCUT2D eigenvalue weighted by Crippen LogP contribution is -2.13. The van der Waals surface area contributed by atoms with E-state index in [-0.39, 0.29) is 5.56 Å². The van der Waals surface area contributed by atoms with Gasteiger partial charge in [-0.15, -0.1) is 26.8 Å². The Balaban J connectivity index is 1.57. The lowest BCUT2D eigenvalue weighted by molar-refractivity contribution is -0.137. The van der Waals surface area contributed by atoms with Gasteiger partial charge in [0.05, 0.1) is 16.9 Å². The van der Waals surface area contributed by atoms with Crippen molar-refractivity contribution in [3.63, 3.8) is 0 Å². The maximum absolute atomic E-state index is 12.7. The molecule has 1 amide bonds. The number of benzene rings is 3. The summed E-state index contributed by atoms with van der Waals surface area (Å²) in [6.45, 7) is 0. The summed E-state index contributed by atoms with van der Waals surface area (Å²) < 4.78 is 38.2. The molecule has 1 N–H and O–H groups in total. The maximum Gasteiger partial charge on any atom is 0.416 e. The van der Waals surface area contributed by atoms with Crippen molar-refractivity contribution < 1.29 is 18.0 Å². The van der Waals surface area contributed by atoms with E-state index in [1.165, 1.54) is 4.80 Å². The van der Waals surface area contributed by atoms with Gasteiger partial charge in [0.15, 0.2) is 0 Å². The molecule has 1 heterocycles. The zero-order valence-electron chi connectivity index (χ0n) is 16.7. The number of alkyl halides is 3. The standard InChI is InChI=1S/C22H16F3N5OS/c1-32-17-12-10-16(11-13-17)30-28-20(27-29-30)18-4-2-3-5-19(18)26-21(31)14-6-8-15(9-7-14)22(23,24)25/h2-13H,1H3,(H,26,31). The van der Waals surface area contributed by atoms with Crippen molar-refractivity contribution in [3.8, 4) is 17.1 Å². The molecule has 0 bridgehead atoms. The number of carbonyl (C=O) groups excluding carboxylic acids is 1. The highest BCUT2D eigenvalue weighted by molar-refractivity contribution is 7.98. The number of hydrogen-bond acceptors (Lipinski definition) is 5. The lowest BCUT2D eigenvalue weighted by atomic mass is 10.1. The molecule has 162 valence electrons. The third kappa shape index (κ3) is 4.65. The van der Waals surface area contributed by atoms with Crippen LogP contribution in [0.4, 0.5) is 18.9 Å². The smallest absolute Gasteiger partial charge is 0.321 e. The summed E-state index contributed by atoms with van der Waals surface area (Å²) in [5.74, 6) is -0.256. The van der Waals surface area contributed by atoms with E-state index >= 15 is 0 Å². The first kappa shape index (κ1) is 21.6. The number of amides is 1. The fraction of sp³-hybridized carbons (Fsp3) is 0.0909. The van der Waals surface area contributed by atoms with E-state index < -0.39 is 17.6 Å².